The van der Waals surface area contributed by atoms with Gasteiger partial charge in [0.2, 0.25) is 5.88 Å². The zero-order valence-electron chi connectivity index (χ0n) is 13.3. The molecule has 0 bridgehead atoms. The van der Waals surface area contributed by atoms with Gasteiger partial charge in [0, 0.05) is 24.3 Å². The molecule has 0 radical (unpaired) electrons. The summed E-state index contributed by atoms with van der Waals surface area (Å²) in [5.41, 5.74) is -1.19. The molecule has 0 spiro atoms. The van der Waals surface area contributed by atoms with Crippen molar-refractivity contribution in [1.29, 1.82) is 0 Å². The minimum Gasteiger partial charge on any atom is -0.482 e. The van der Waals surface area contributed by atoms with Gasteiger partial charge in [-0.25, -0.2) is 5.10 Å². The zero-order valence-corrected chi connectivity index (χ0v) is 13.3. The summed E-state index contributed by atoms with van der Waals surface area (Å²) in [4.78, 5) is 33.2. The van der Waals surface area contributed by atoms with Gasteiger partial charge in [-0.2, -0.15) is 0 Å². The predicted molar refractivity (Wildman–Crippen MR) is 86.3 cm³/mol. The van der Waals surface area contributed by atoms with E-state index in [0.29, 0.717) is 12.0 Å². The van der Waals surface area contributed by atoms with Crippen molar-refractivity contribution in [1.82, 2.24) is 10.2 Å². The molecular formula is C16H13N3O6. The van der Waals surface area contributed by atoms with Gasteiger partial charge in [0.05, 0.1) is 16.1 Å². The van der Waals surface area contributed by atoms with Crippen LogP contribution in [0.4, 0.5) is 5.69 Å². The van der Waals surface area contributed by atoms with Crippen molar-refractivity contribution in [3.8, 4) is 11.6 Å². The molecular weight excluding hydrogens is 330 g/mol. The first-order valence-electron chi connectivity index (χ1n) is 7.23. The highest BCUT2D eigenvalue weighted by atomic mass is 16.6. The van der Waals surface area contributed by atoms with Crippen LogP contribution in [0.5, 0.6) is 11.6 Å². The van der Waals surface area contributed by atoms with E-state index in [1.54, 1.807) is 13.8 Å². The molecule has 1 aliphatic rings. The summed E-state index contributed by atoms with van der Waals surface area (Å²) >= 11 is 0. The summed E-state index contributed by atoms with van der Waals surface area (Å²) < 4.78 is 11.4. The van der Waals surface area contributed by atoms with Crippen LogP contribution < -0.4 is 15.0 Å². The van der Waals surface area contributed by atoms with Crippen LogP contribution in [-0.2, 0) is 4.79 Å². The Kier molecular flexibility index (Phi) is 3.84. The maximum atomic E-state index is 11.6. The molecule has 9 nitrogen and oxygen atoms in total. The van der Waals surface area contributed by atoms with E-state index < -0.39 is 16.1 Å². The molecule has 3 rings (SSSR count). The minimum absolute atomic E-state index is 0.0316. The quantitative estimate of drug-likeness (QED) is 0.510. The van der Waals surface area contributed by atoms with E-state index in [-0.39, 0.29) is 28.5 Å². The van der Waals surface area contributed by atoms with Crippen molar-refractivity contribution in [2.45, 2.75) is 19.4 Å². The third kappa shape index (κ3) is 2.99. The number of nitro groups is 1. The van der Waals surface area contributed by atoms with Gasteiger partial charge in [0.25, 0.3) is 11.2 Å². The number of nitro benzene ring substituents is 1. The van der Waals surface area contributed by atoms with Crippen LogP contribution in [0.15, 0.2) is 40.7 Å². The number of aromatic amines is 1. The SMILES string of the molecule is CC1(C)Oc2ccc([N+](=O)[O-])cc2C(Oc2ccc(=O)[nH]n2)=C1C=O. The Hall–Kier alpha value is -3.49. The Labute approximate surface area is 141 Å². The summed E-state index contributed by atoms with van der Waals surface area (Å²) in [6.45, 7) is 3.34. The monoisotopic (exact) mass is 343 g/mol. The van der Waals surface area contributed by atoms with Gasteiger partial charge in [-0.15, -0.1) is 5.10 Å². The number of aromatic nitrogens is 2. The topological polar surface area (TPSA) is 124 Å². The van der Waals surface area contributed by atoms with Crippen molar-refractivity contribution in [2.75, 3.05) is 0 Å². The number of non-ortho nitro benzene ring substituents is 1. The van der Waals surface area contributed by atoms with Gasteiger partial charge >= 0.3 is 0 Å². The Balaban J connectivity index is 2.19. The molecule has 9 heteroatoms. The normalized spacial score (nSPS) is 15.1. The van der Waals surface area contributed by atoms with Gasteiger partial charge in [-0.3, -0.25) is 19.7 Å². The molecule has 1 aromatic carbocycles. The number of H-pyrrole nitrogens is 1. The molecule has 0 atom stereocenters. The van der Waals surface area contributed by atoms with E-state index in [1.165, 1.54) is 30.3 Å². The number of nitrogens with zero attached hydrogens (tertiary/aromatic N) is 2. The van der Waals surface area contributed by atoms with Crippen LogP contribution in [-0.4, -0.2) is 27.0 Å². The van der Waals surface area contributed by atoms with Crippen molar-refractivity contribution in [2.24, 2.45) is 0 Å². The highest BCUT2D eigenvalue weighted by Gasteiger charge is 2.37. The van der Waals surface area contributed by atoms with Crippen LogP contribution in [0.3, 0.4) is 0 Å². The second-order valence-electron chi connectivity index (χ2n) is 5.77. The molecule has 2 heterocycles. The summed E-state index contributed by atoms with van der Waals surface area (Å²) in [6.07, 6.45) is 0.572. The van der Waals surface area contributed by atoms with Gasteiger partial charge < -0.3 is 9.47 Å². The molecule has 128 valence electrons. The second-order valence-corrected chi connectivity index (χ2v) is 5.77. The first-order chi connectivity index (χ1) is 11.8. The molecule has 1 aliphatic heterocycles. The second kappa shape index (κ2) is 5.86. The Morgan fingerprint density at radius 2 is 2.08 bits per heavy atom. The van der Waals surface area contributed by atoms with Crippen LogP contribution in [0.1, 0.15) is 19.4 Å². The first kappa shape index (κ1) is 16.4. The fourth-order valence-electron chi connectivity index (χ4n) is 2.44. The third-order valence-corrected chi connectivity index (χ3v) is 3.66. The average Bonchev–Trinajstić information content (AvgIpc) is 2.55. The van der Waals surface area contributed by atoms with E-state index in [2.05, 4.69) is 10.2 Å². The fourth-order valence-corrected chi connectivity index (χ4v) is 2.44. The number of nitrogens with one attached hydrogen (secondary N) is 1. The Morgan fingerprint density at radius 3 is 2.68 bits per heavy atom. The number of hydrogen-bond acceptors (Lipinski definition) is 7. The maximum absolute atomic E-state index is 11.6. The number of hydrogen-bond donors (Lipinski definition) is 1. The Morgan fingerprint density at radius 1 is 1.32 bits per heavy atom. The number of benzene rings is 1. The lowest BCUT2D eigenvalue weighted by Gasteiger charge is -2.33. The lowest BCUT2D eigenvalue weighted by Crippen LogP contribution is -2.36. The molecule has 25 heavy (non-hydrogen) atoms. The number of rotatable bonds is 4. The zero-order chi connectivity index (χ0) is 18.2. The largest absolute Gasteiger partial charge is 0.482 e. The molecule has 0 fully saturated rings. The molecule has 1 aromatic heterocycles. The third-order valence-electron chi connectivity index (χ3n) is 3.66. The molecule has 0 saturated carbocycles. The van der Waals surface area contributed by atoms with Crippen molar-refractivity contribution < 1.29 is 19.2 Å². The van der Waals surface area contributed by atoms with Crippen molar-refractivity contribution in [3.63, 3.8) is 0 Å². The van der Waals surface area contributed by atoms with Gasteiger partial charge in [-0.05, 0) is 19.9 Å². The molecule has 2 aromatic rings. The van der Waals surface area contributed by atoms with E-state index in [1.807, 2.05) is 0 Å². The van der Waals surface area contributed by atoms with E-state index in [4.69, 9.17) is 9.47 Å². The number of fused-ring (bicyclic) bond motifs is 1. The van der Waals surface area contributed by atoms with Crippen molar-refractivity contribution >= 4 is 17.7 Å². The van der Waals surface area contributed by atoms with Crippen LogP contribution in [0.2, 0.25) is 0 Å². The van der Waals surface area contributed by atoms with Crippen LogP contribution in [0, 0.1) is 10.1 Å². The van der Waals surface area contributed by atoms with Crippen LogP contribution in [0.25, 0.3) is 5.76 Å². The molecule has 1 N–H and O–H groups in total. The lowest BCUT2D eigenvalue weighted by molar-refractivity contribution is -0.384. The smallest absolute Gasteiger partial charge is 0.270 e. The van der Waals surface area contributed by atoms with Gasteiger partial charge in [0.1, 0.15) is 11.4 Å². The number of aldehydes is 1. The highest BCUT2D eigenvalue weighted by Crippen LogP contribution is 2.42. The standard InChI is InChI=1S/C16H13N3O6/c1-16(2)11(8-20)15(24-14-6-5-13(21)17-18-14)10-7-9(19(22)23)3-4-12(10)25-16/h3-8H,1-2H3,(H,17,21). The highest BCUT2D eigenvalue weighted by molar-refractivity contribution is 5.91. The van der Waals surface area contributed by atoms with Crippen LogP contribution >= 0.6 is 0 Å². The minimum atomic E-state index is -1.01. The molecule has 0 unspecified atom stereocenters. The van der Waals surface area contributed by atoms with Crippen molar-refractivity contribution in [3.05, 3.63) is 61.9 Å². The van der Waals surface area contributed by atoms with E-state index in [9.17, 15) is 19.7 Å². The average molecular weight is 343 g/mol. The molecule has 0 amide bonds. The Bertz CT molecular complexity index is 940. The molecule has 0 aliphatic carbocycles. The number of carbonyl (C=O) groups excluding carboxylic acids is 1. The number of carbonyl (C=O) groups is 1. The van der Waals surface area contributed by atoms with E-state index in [0.717, 1.165) is 0 Å². The first-order valence-corrected chi connectivity index (χ1v) is 7.23. The predicted octanol–water partition coefficient (Wildman–Crippen LogP) is 1.84. The van der Waals surface area contributed by atoms with E-state index >= 15 is 0 Å². The summed E-state index contributed by atoms with van der Waals surface area (Å²) in [5, 5.41) is 17.0. The fraction of sp³-hybridized carbons (Fsp3) is 0.188. The summed E-state index contributed by atoms with van der Waals surface area (Å²) in [5.74, 6) is 0.453. The lowest BCUT2D eigenvalue weighted by atomic mass is 9.91. The maximum Gasteiger partial charge on any atom is 0.270 e. The summed E-state index contributed by atoms with van der Waals surface area (Å²) in [7, 11) is 0. The summed E-state index contributed by atoms with van der Waals surface area (Å²) in [6, 6.07) is 6.54. The number of ether oxygens (including phenoxy) is 2. The van der Waals surface area contributed by atoms with Gasteiger partial charge in [-0.1, -0.05) is 0 Å². The van der Waals surface area contributed by atoms with Gasteiger partial charge in [0.15, 0.2) is 12.0 Å². The molecule has 0 saturated heterocycles.